The summed E-state index contributed by atoms with van der Waals surface area (Å²) in [4.78, 5) is 15.9. The third kappa shape index (κ3) is 5.09. The number of halogens is 1. The van der Waals surface area contributed by atoms with Crippen molar-refractivity contribution in [3.8, 4) is 0 Å². The average molecular weight is 382 g/mol. The summed E-state index contributed by atoms with van der Waals surface area (Å²) in [5.41, 5.74) is 2.39. The minimum absolute atomic E-state index is 0.0986. The van der Waals surface area contributed by atoms with E-state index < -0.39 is 0 Å². The highest BCUT2D eigenvalue weighted by Crippen LogP contribution is 2.48. The molecular formula is C22H27FN4O. The van der Waals surface area contributed by atoms with E-state index in [4.69, 9.17) is 0 Å². The normalized spacial score (nSPS) is 15.0. The Labute approximate surface area is 165 Å². The molecule has 1 saturated carbocycles. The smallest absolute Gasteiger partial charge is 0.221 e. The summed E-state index contributed by atoms with van der Waals surface area (Å²) in [7, 11) is 0. The summed E-state index contributed by atoms with van der Waals surface area (Å²) in [6, 6.07) is 14.6. The van der Waals surface area contributed by atoms with Crippen LogP contribution in [0.25, 0.3) is 0 Å². The van der Waals surface area contributed by atoms with Crippen LogP contribution in [-0.2, 0) is 16.8 Å². The number of guanidine groups is 1. The lowest BCUT2D eigenvalue weighted by molar-refractivity contribution is -0.114. The van der Waals surface area contributed by atoms with Crippen LogP contribution in [0.1, 0.15) is 37.8 Å². The molecule has 148 valence electrons. The topological polar surface area (TPSA) is 65.5 Å². The van der Waals surface area contributed by atoms with Gasteiger partial charge in [-0.15, -0.1) is 0 Å². The molecule has 0 aliphatic heterocycles. The molecule has 0 aromatic heterocycles. The van der Waals surface area contributed by atoms with E-state index in [0.717, 1.165) is 36.2 Å². The third-order valence-electron chi connectivity index (χ3n) is 4.90. The van der Waals surface area contributed by atoms with Crippen molar-refractivity contribution in [1.82, 2.24) is 10.6 Å². The molecule has 1 amide bonds. The molecule has 0 bridgehead atoms. The first kappa shape index (κ1) is 19.9. The van der Waals surface area contributed by atoms with Crippen LogP contribution in [0.4, 0.5) is 10.1 Å². The van der Waals surface area contributed by atoms with Gasteiger partial charge in [-0.25, -0.2) is 9.38 Å². The number of carbonyl (C=O) groups excluding carboxylic acids is 1. The number of anilines is 1. The monoisotopic (exact) mass is 382 g/mol. The Hall–Kier alpha value is -2.89. The van der Waals surface area contributed by atoms with E-state index in [9.17, 15) is 9.18 Å². The molecule has 1 aliphatic carbocycles. The van der Waals surface area contributed by atoms with E-state index in [2.05, 4.69) is 20.9 Å². The highest BCUT2D eigenvalue weighted by atomic mass is 19.1. The molecule has 0 spiro atoms. The molecule has 2 aromatic rings. The number of amides is 1. The number of nitrogens with zero attached hydrogens (tertiary/aromatic N) is 1. The van der Waals surface area contributed by atoms with Crippen molar-refractivity contribution in [3.63, 3.8) is 0 Å². The van der Waals surface area contributed by atoms with Crippen molar-refractivity contribution < 1.29 is 9.18 Å². The van der Waals surface area contributed by atoms with Crippen LogP contribution in [0.2, 0.25) is 0 Å². The van der Waals surface area contributed by atoms with Gasteiger partial charge < -0.3 is 16.0 Å². The van der Waals surface area contributed by atoms with E-state index in [-0.39, 0.29) is 17.1 Å². The van der Waals surface area contributed by atoms with Crippen molar-refractivity contribution in [3.05, 3.63) is 65.5 Å². The predicted molar refractivity (Wildman–Crippen MR) is 111 cm³/mol. The van der Waals surface area contributed by atoms with Crippen LogP contribution in [0.3, 0.4) is 0 Å². The van der Waals surface area contributed by atoms with Gasteiger partial charge in [0.25, 0.3) is 0 Å². The lowest BCUT2D eigenvalue weighted by atomic mass is 9.95. The molecule has 0 atom stereocenters. The summed E-state index contributed by atoms with van der Waals surface area (Å²) in [6.45, 7) is 5.37. The first-order valence-corrected chi connectivity index (χ1v) is 9.66. The Balaban J connectivity index is 1.65. The molecule has 0 unspecified atom stereocenters. The fourth-order valence-corrected chi connectivity index (χ4v) is 3.30. The van der Waals surface area contributed by atoms with Gasteiger partial charge in [-0.3, -0.25) is 4.79 Å². The molecule has 2 aromatic carbocycles. The van der Waals surface area contributed by atoms with Gasteiger partial charge in [0, 0.05) is 31.1 Å². The van der Waals surface area contributed by atoms with E-state index in [1.54, 1.807) is 6.07 Å². The van der Waals surface area contributed by atoms with Crippen molar-refractivity contribution >= 4 is 17.6 Å². The maximum Gasteiger partial charge on any atom is 0.221 e. The zero-order valence-corrected chi connectivity index (χ0v) is 16.4. The summed E-state index contributed by atoms with van der Waals surface area (Å²) in [6.07, 6.45) is 1.94. The van der Waals surface area contributed by atoms with Gasteiger partial charge in [0.1, 0.15) is 5.82 Å². The Morgan fingerprint density at radius 3 is 2.61 bits per heavy atom. The van der Waals surface area contributed by atoms with Crippen molar-refractivity contribution in [1.29, 1.82) is 0 Å². The molecule has 5 nitrogen and oxygen atoms in total. The highest BCUT2D eigenvalue weighted by Gasteiger charge is 2.45. The van der Waals surface area contributed by atoms with E-state index in [1.807, 2.05) is 43.3 Å². The molecular weight excluding hydrogens is 355 g/mol. The second kappa shape index (κ2) is 8.87. The zero-order chi connectivity index (χ0) is 20.0. The van der Waals surface area contributed by atoms with E-state index >= 15 is 0 Å². The molecule has 1 fully saturated rings. The van der Waals surface area contributed by atoms with Crippen LogP contribution in [0.15, 0.2) is 53.5 Å². The third-order valence-corrected chi connectivity index (χ3v) is 4.90. The van der Waals surface area contributed by atoms with Gasteiger partial charge in [0.05, 0.1) is 6.54 Å². The largest absolute Gasteiger partial charge is 0.357 e. The summed E-state index contributed by atoms with van der Waals surface area (Å²) in [5.74, 6) is 0.465. The van der Waals surface area contributed by atoms with Crippen molar-refractivity contribution in [2.24, 2.45) is 4.99 Å². The standard InChI is InChI=1S/C22H27FN4O/c1-3-24-21(25-14-17-7-6-8-18(13-17)27-16(2)28)26-15-22(11-12-22)19-9-4-5-10-20(19)23/h4-10,13H,3,11-12,14-15H2,1-2H3,(H,27,28)(H2,24,25,26). The number of carbonyl (C=O) groups is 1. The van der Waals surface area contributed by atoms with Gasteiger partial charge >= 0.3 is 0 Å². The molecule has 6 heteroatoms. The lowest BCUT2D eigenvalue weighted by Crippen LogP contribution is -2.41. The average Bonchev–Trinajstić information content (AvgIpc) is 3.45. The van der Waals surface area contributed by atoms with Crippen LogP contribution in [0.5, 0.6) is 0 Å². The van der Waals surface area contributed by atoms with Crippen LogP contribution in [-0.4, -0.2) is 25.0 Å². The number of nitrogens with one attached hydrogen (secondary N) is 3. The summed E-state index contributed by atoms with van der Waals surface area (Å²) < 4.78 is 14.2. The Kier molecular flexibility index (Phi) is 6.29. The molecule has 28 heavy (non-hydrogen) atoms. The maximum absolute atomic E-state index is 14.2. The van der Waals surface area contributed by atoms with Gasteiger partial charge in [-0.1, -0.05) is 30.3 Å². The number of rotatable bonds is 7. The summed E-state index contributed by atoms with van der Waals surface area (Å²) >= 11 is 0. The predicted octanol–water partition coefficient (Wildman–Crippen LogP) is 3.57. The highest BCUT2D eigenvalue weighted by molar-refractivity contribution is 5.88. The van der Waals surface area contributed by atoms with Gasteiger partial charge in [-0.05, 0) is 49.1 Å². The second-order valence-corrected chi connectivity index (χ2v) is 7.19. The number of aliphatic imine (C=N–C) groups is 1. The Morgan fingerprint density at radius 2 is 1.93 bits per heavy atom. The molecule has 3 N–H and O–H groups in total. The molecule has 3 rings (SSSR count). The molecule has 0 saturated heterocycles. The first-order valence-electron chi connectivity index (χ1n) is 9.66. The van der Waals surface area contributed by atoms with Crippen LogP contribution in [0, 0.1) is 5.82 Å². The number of hydrogen-bond acceptors (Lipinski definition) is 2. The Morgan fingerprint density at radius 1 is 1.14 bits per heavy atom. The summed E-state index contributed by atoms with van der Waals surface area (Å²) in [5, 5.41) is 9.39. The number of benzene rings is 2. The van der Waals surface area contributed by atoms with Crippen LogP contribution >= 0.6 is 0 Å². The quantitative estimate of drug-likeness (QED) is 0.507. The first-order chi connectivity index (χ1) is 13.5. The minimum atomic E-state index is -0.146. The Bertz CT molecular complexity index is 861. The van der Waals surface area contributed by atoms with Gasteiger partial charge in [0.15, 0.2) is 5.96 Å². The molecule has 0 heterocycles. The lowest BCUT2D eigenvalue weighted by Gasteiger charge is -2.19. The minimum Gasteiger partial charge on any atom is -0.357 e. The number of hydrogen-bond donors (Lipinski definition) is 3. The zero-order valence-electron chi connectivity index (χ0n) is 16.4. The fraction of sp³-hybridized carbons (Fsp3) is 0.364. The SMILES string of the molecule is CCNC(=NCc1cccc(NC(C)=O)c1)NCC1(c2ccccc2F)CC1. The fourth-order valence-electron chi connectivity index (χ4n) is 3.30. The maximum atomic E-state index is 14.2. The van der Waals surface area contributed by atoms with Gasteiger partial charge in [0.2, 0.25) is 5.91 Å². The van der Waals surface area contributed by atoms with E-state index in [1.165, 1.54) is 13.0 Å². The second-order valence-electron chi connectivity index (χ2n) is 7.19. The molecule has 1 aliphatic rings. The van der Waals surface area contributed by atoms with Crippen molar-refractivity contribution in [2.75, 3.05) is 18.4 Å². The van der Waals surface area contributed by atoms with E-state index in [0.29, 0.717) is 19.0 Å². The molecule has 0 radical (unpaired) electrons. The van der Waals surface area contributed by atoms with Crippen LogP contribution < -0.4 is 16.0 Å². The van der Waals surface area contributed by atoms with Crippen molar-refractivity contribution in [2.45, 2.75) is 38.6 Å². The van der Waals surface area contributed by atoms with Gasteiger partial charge in [-0.2, -0.15) is 0 Å².